The van der Waals surface area contributed by atoms with Gasteiger partial charge >= 0.3 is 0 Å². The van der Waals surface area contributed by atoms with Crippen molar-refractivity contribution >= 4 is 17.5 Å². The molecule has 0 radical (unpaired) electrons. The van der Waals surface area contributed by atoms with Gasteiger partial charge in [-0.3, -0.25) is 14.3 Å². The van der Waals surface area contributed by atoms with Crippen molar-refractivity contribution in [2.75, 3.05) is 4.90 Å². The van der Waals surface area contributed by atoms with Gasteiger partial charge in [0.1, 0.15) is 0 Å². The molecule has 1 aliphatic heterocycles. The number of anilines is 1. The van der Waals surface area contributed by atoms with Crippen molar-refractivity contribution in [1.82, 2.24) is 9.78 Å². The van der Waals surface area contributed by atoms with Gasteiger partial charge in [0, 0.05) is 12.1 Å². The van der Waals surface area contributed by atoms with E-state index >= 15 is 0 Å². The van der Waals surface area contributed by atoms with E-state index in [1.165, 1.54) is 4.90 Å². The minimum atomic E-state index is -0.351. The van der Waals surface area contributed by atoms with E-state index in [4.69, 9.17) is 0 Å². The van der Waals surface area contributed by atoms with Gasteiger partial charge in [-0.05, 0) is 51.8 Å². The molecule has 24 heavy (non-hydrogen) atoms. The minimum Gasteiger partial charge on any atom is -0.274 e. The Morgan fingerprint density at radius 3 is 2.21 bits per heavy atom. The van der Waals surface area contributed by atoms with Crippen LogP contribution in [-0.2, 0) is 16.1 Å². The lowest BCUT2D eigenvalue weighted by Crippen LogP contribution is -2.32. The van der Waals surface area contributed by atoms with E-state index < -0.39 is 0 Å². The predicted octanol–water partition coefficient (Wildman–Crippen LogP) is 3.00. The quantitative estimate of drug-likeness (QED) is 0.815. The monoisotopic (exact) mass is 325 g/mol. The fourth-order valence-electron chi connectivity index (χ4n) is 3.67. The topological polar surface area (TPSA) is 55.2 Å². The normalized spacial score (nSPS) is 17.9. The van der Waals surface area contributed by atoms with Crippen LogP contribution in [0.1, 0.15) is 34.5 Å². The number of carbonyl (C=O) groups is 2. The number of aryl methyl sites for hydroxylation is 5. The molecule has 1 saturated heterocycles. The average Bonchev–Trinajstić information content (AvgIpc) is 2.91. The molecule has 0 N–H and O–H groups in total. The zero-order chi connectivity index (χ0) is 17.6. The van der Waals surface area contributed by atoms with E-state index in [1.54, 1.807) is 0 Å². The SMILES string of the molecule is Cc1cc(C)c(N2C(=O)C[C@@H](Cn3nc(C)cc3C)C2=O)c(C)c1. The number of carbonyl (C=O) groups excluding carboxylic acids is 2. The number of nitrogens with zero attached hydrogens (tertiary/aromatic N) is 3. The number of aromatic nitrogens is 2. The molecule has 126 valence electrons. The Kier molecular flexibility index (Phi) is 4.03. The van der Waals surface area contributed by atoms with Crippen LogP contribution in [0, 0.1) is 40.5 Å². The van der Waals surface area contributed by atoms with Crippen molar-refractivity contribution in [1.29, 1.82) is 0 Å². The van der Waals surface area contributed by atoms with Crippen LogP contribution in [0.5, 0.6) is 0 Å². The highest BCUT2D eigenvalue weighted by Gasteiger charge is 2.41. The van der Waals surface area contributed by atoms with E-state index in [0.717, 1.165) is 33.8 Å². The van der Waals surface area contributed by atoms with Crippen LogP contribution >= 0.6 is 0 Å². The minimum absolute atomic E-state index is 0.123. The summed E-state index contributed by atoms with van der Waals surface area (Å²) in [4.78, 5) is 26.8. The molecule has 2 aromatic rings. The lowest BCUT2D eigenvalue weighted by molar-refractivity contribution is -0.122. The standard InChI is InChI=1S/C19H23N3O2/c1-11-6-12(2)18(13(3)7-11)22-17(23)9-16(19(22)24)10-21-15(5)8-14(4)20-21/h6-8,16H,9-10H2,1-5H3/t16-/m0/s1. The largest absolute Gasteiger partial charge is 0.274 e. The van der Waals surface area contributed by atoms with Crippen LogP contribution in [0.4, 0.5) is 5.69 Å². The molecule has 2 heterocycles. The van der Waals surface area contributed by atoms with Crippen molar-refractivity contribution in [2.45, 2.75) is 47.6 Å². The van der Waals surface area contributed by atoms with Gasteiger partial charge in [-0.2, -0.15) is 5.10 Å². The molecule has 0 spiro atoms. The van der Waals surface area contributed by atoms with Crippen molar-refractivity contribution in [3.05, 3.63) is 46.3 Å². The number of benzene rings is 1. The Labute approximate surface area is 142 Å². The smallest absolute Gasteiger partial charge is 0.239 e. The van der Waals surface area contributed by atoms with Crippen molar-refractivity contribution in [3.63, 3.8) is 0 Å². The third-order valence-corrected chi connectivity index (χ3v) is 4.60. The molecule has 3 rings (SSSR count). The summed E-state index contributed by atoms with van der Waals surface area (Å²) in [5, 5.41) is 4.41. The molecule has 1 aromatic carbocycles. The molecule has 0 bridgehead atoms. The molecule has 1 aromatic heterocycles. The highest BCUT2D eigenvalue weighted by molar-refractivity contribution is 6.21. The molecule has 5 nitrogen and oxygen atoms in total. The first-order chi connectivity index (χ1) is 11.3. The van der Waals surface area contributed by atoms with E-state index in [2.05, 4.69) is 5.10 Å². The molecule has 1 fully saturated rings. The molecule has 0 unspecified atom stereocenters. The van der Waals surface area contributed by atoms with E-state index in [1.807, 2.05) is 57.5 Å². The summed E-state index contributed by atoms with van der Waals surface area (Å²) in [7, 11) is 0. The molecule has 0 aliphatic carbocycles. The zero-order valence-corrected chi connectivity index (χ0v) is 14.9. The first kappa shape index (κ1) is 16.4. The van der Waals surface area contributed by atoms with Crippen LogP contribution in [-0.4, -0.2) is 21.6 Å². The molecule has 1 aliphatic rings. The maximum absolute atomic E-state index is 12.9. The Morgan fingerprint density at radius 1 is 1.04 bits per heavy atom. The van der Waals surface area contributed by atoms with Crippen LogP contribution in [0.15, 0.2) is 18.2 Å². The van der Waals surface area contributed by atoms with Gasteiger partial charge in [0.15, 0.2) is 0 Å². The lowest BCUT2D eigenvalue weighted by atomic mass is 10.0. The zero-order valence-electron chi connectivity index (χ0n) is 14.9. The molecule has 0 saturated carbocycles. The second-order valence-electron chi connectivity index (χ2n) is 6.82. The average molecular weight is 325 g/mol. The fourth-order valence-corrected chi connectivity index (χ4v) is 3.67. The third-order valence-electron chi connectivity index (χ3n) is 4.60. The van der Waals surface area contributed by atoms with Gasteiger partial charge in [0.25, 0.3) is 0 Å². The van der Waals surface area contributed by atoms with Crippen LogP contribution < -0.4 is 4.90 Å². The summed E-state index contributed by atoms with van der Waals surface area (Å²) in [6.45, 7) is 10.3. The predicted molar refractivity (Wildman–Crippen MR) is 93.0 cm³/mol. The van der Waals surface area contributed by atoms with Crippen LogP contribution in [0.25, 0.3) is 0 Å². The summed E-state index contributed by atoms with van der Waals surface area (Å²) in [5.74, 6) is -0.597. The summed E-state index contributed by atoms with van der Waals surface area (Å²) < 4.78 is 1.82. The van der Waals surface area contributed by atoms with Gasteiger partial charge in [-0.25, -0.2) is 4.90 Å². The molecule has 2 amide bonds. The van der Waals surface area contributed by atoms with Gasteiger partial charge in [-0.15, -0.1) is 0 Å². The first-order valence-corrected chi connectivity index (χ1v) is 8.23. The number of hydrogen-bond donors (Lipinski definition) is 0. The maximum Gasteiger partial charge on any atom is 0.239 e. The van der Waals surface area contributed by atoms with Gasteiger partial charge in [0.05, 0.1) is 23.8 Å². The first-order valence-electron chi connectivity index (χ1n) is 8.23. The van der Waals surface area contributed by atoms with Crippen LogP contribution in [0.3, 0.4) is 0 Å². The number of imide groups is 1. The fraction of sp³-hybridized carbons (Fsp3) is 0.421. The summed E-state index contributed by atoms with van der Waals surface area (Å²) in [5.41, 5.74) is 5.72. The Bertz CT molecular complexity index is 812. The number of hydrogen-bond acceptors (Lipinski definition) is 3. The van der Waals surface area contributed by atoms with E-state index in [-0.39, 0.29) is 24.2 Å². The Morgan fingerprint density at radius 2 is 1.67 bits per heavy atom. The van der Waals surface area contributed by atoms with Crippen molar-refractivity contribution in [3.8, 4) is 0 Å². The molecular weight excluding hydrogens is 302 g/mol. The third kappa shape index (κ3) is 2.75. The molecule has 1 atom stereocenters. The number of amides is 2. The number of rotatable bonds is 3. The van der Waals surface area contributed by atoms with Crippen molar-refractivity contribution < 1.29 is 9.59 Å². The van der Waals surface area contributed by atoms with Crippen molar-refractivity contribution in [2.24, 2.45) is 5.92 Å². The van der Waals surface area contributed by atoms with E-state index in [0.29, 0.717) is 6.54 Å². The highest BCUT2D eigenvalue weighted by Crippen LogP contribution is 2.33. The van der Waals surface area contributed by atoms with E-state index in [9.17, 15) is 9.59 Å². The maximum atomic E-state index is 12.9. The second-order valence-corrected chi connectivity index (χ2v) is 6.82. The highest BCUT2D eigenvalue weighted by atomic mass is 16.2. The Hall–Kier alpha value is -2.43. The van der Waals surface area contributed by atoms with Gasteiger partial charge in [-0.1, -0.05) is 17.7 Å². The molecular formula is C19H23N3O2. The Balaban J connectivity index is 1.91. The summed E-state index contributed by atoms with van der Waals surface area (Å²) in [6, 6.07) is 6.00. The van der Waals surface area contributed by atoms with Gasteiger partial charge in [0.2, 0.25) is 11.8 Å². The second kappa shape index (κ2) is 5.89. The summed E-state index contributed by atoms with van der Waals surface area (Å²) >= 11 is 0. The van der Waals surface area contributed by atoms with Gasteiger partial charge < -0.3 is 0 Å². The lowest BCUT2D eigenvalue weighted by Gasteiger charge is -2.20. The summed E-state index contributed by atoms with van der Waals surface area (Å²) in [6.07, 6.45) is 0.240. The molecule has 5 heteroatoms. The van der Waals surface area contributed by atoms with Crippen LogP contribution in [0.2, 0.25) is 0 Å².